The maximum absolute atomic E-state index is 12.2. The van der Waals surface area contributed by atoms with Crippen LogP contribution in [0.25, 0.3) is 0 Å². The van der Waals surface area contributed by atoms with Gasteiger partial charge in [-0.15, -0.1) is 0 Å². The Balaban J connectivity index is 0.00000420. The minimum Gasteiger partial charge on any atom is -0.344 e. The summed E-state index contributed by atoms with van der Waals surface area (Å²) in [6, 6.07) is 8.90. The third kappa shape index (κ3) is 10.4. The van der Waals surface area contributed by atoms with Crippen LogP contribution >= 0.6 is 7.82 Å². The molecule has 0 aromatic heterocycles. The molecule has 29 heavy (non-hydrogen) atoms. The average molecular weight is 429 g/mol. The lowest BCUT2D eigenvalue weighted by atomic mass is 10.0. The third-order valence-electron chi connectivity index (χ3n) is 5.32. The molecule has 1 amide bonds. The summed E-state index contributed by atoms with van der Waals surface area (Å²) in [5.74, 6) is 0.0624. The van der Waals surface area contributed by atoms with Crippen LogP contribution in [0.4, 0.5) is 0 Å². The highest BCUT2D eigenvalue weighted by Crippen LogP contribution is 2.39. The van der Waals surface area contributed by atoms with Crippen LogP contribution in [0.1, 0.15) is 69.4 Å². The zero-order valence-electron chi connectivity index (χ0n) is 17.6. The number of phosphoric ester groups is 1. The van der Waals surface area contributed by atoms with E-state index in [0.717, 1.165) is 32.1 Å². The topological polar surface area (TPSA) is 122 Å². The zero-order chi connectivity index (χ0) is 20.4. The molecular weight excluding hydrogens is 391 g/mol. The molecule has 0 bridgehead atoms. The second-order valence-corrected chi connectivity index (χ2v) is 8.83. The number of carbonyl (C=O) groups is 1. The van der Waals surface area contributed by atoms with Crippen molar-refractivity contribution in [2.24, 2.45) is 0 Å². The van der Waals surface area contributed by atoms with Crippen LogP contribution in [0.5, 0.6) is 0 Å². The molecular formula is C21H37N2O5P. The molecule has 1 aliphatic heterocycles. The fourth-order valence-electron chi connectivity index (χ4n) is 3.65. The Morgan fingerprint density at radius 2 is 1.66 bits per heavy atom. The van der Waals surface area contributed by atoms with Crippen LogP contribution < -0.4 is 6.15 Å². The van der Waals surface area contributed by atoms with Gasteiger partial charge in [0.15, 0.2) is 0 Å². The molecule has 1 aliphatic rings. The van der Waals surface area contributed by atoms with E-state index in [1.54, 1.807) is 4.90 Å². The Kier molecular flexibility index (Phi) is 11.7. The summed E-state index contributed by atoms with van der Waals surface area (Å²) < 4.78 is 15.5. The highest BCUT2D eigenvalue weighted by Gasteiger charge is 2.31. The van der Waals surface area contributed by atoms with Crippen molar-refractivity contribution in [1.82, 2.24) is 11.1 Å². The maximum atomic E-state index is 12.2. The highest BCUT2D eigenvalue weighted by molar-refractivity contribution is 7.46. The summed E-state index contributed by atoms with van der Waals surface area (Å²) in [7, 11) is -4.47. The van der Waals surface area contributed by atoms with Crippen molar-refractivity contribution in [3.8, 4) is 0 Å². The lowest BCUT2D eigenvalue weighted by Gasteiger charge is -2.16. The summed E-state index contributed by atoms with van der Waals surface area (Å²) in [4.78, 5) is 31.5. The van der Waals surface area contributed by atoms with Gasteiger partial charge in [-0.05, 0) is 43.2 Å². The van der Waals surface area contributed by atoms with Crippen LogP contribution in [0.15, 0.2) is 24.3 Å². The first-order chi connectivity index (χ1) is 13.4. The molecule has 1 aromatic rings. The van der Waals surface area contributed by atoms with E-state index in [9.17, 15) is 9.36 Å². The van der Waals surface area contributed by atoms with Crippen LogP contribution in [0.3, 0.4) is 0 Å². The molecule has 166 valence electrons. The van der Waals surface area contributed by atoms with Gasteiger partial charge in [-0.25, -0.2) is 4.57 Å². The molecule has 0 radical (unpaired) electrons. The van der Waals surface area contributed by atoms with Gasteiger partial charge >= 0.3 is 7.82 Å². The standard InChI is InChI=1S/C21H34NO5P.H3N/c1-2-18-11-13-19(14-12-18)9-7-5-3-4-6-8-10-21(23)22-16-15-20(17-22)27-28(24,25)26;/h11-14,20H,2-10,15-17H2,1H3,(H2,24,25,26);1H3/t20-;/m1./s1. The summed E-state index contributed by atoms with van der Waals surface area (Å²) in [6.07, 6.45) is 9.35. The van der Waals surface area contributed by atoms with E-state index in [4.69, 9.17) is 9.79 Å². The number of nitrogens with zero attached hydrogens (tertiary/aromatic N) is 1. The molecule has 0 unspecified atom stereocenters. The van der Waals surface area contributed by atoms with E-state index in [1.807, 2.05) is 0 Å². The van der Waals surface area contributed by atoms with Crippen LogP contribution in [0, 0.1) is 0 Å². The van der Waals surface area contributed by atoms with Gasteiger partial charge in [-0.2, -0.15) is 0 Å². The molecule has 0 saturated carbocycles. The second-order valence-electron chi connectivity index (χ2n) is 7.64. The molecule has 1 aromatic carbocycles. The molecule has 5 N–H and O–H groups in total. The van der Waals surface area contributed by atoms with Gasteiger partial charge < -0.3 is 20.8 Å². The van der Waals surface area contributed by atoms with Crippen molar-refractivity contribution in [3.63, 3.8) is 0 Å². The molecule has 1 saturated heterocycles. The number of carbonyl (C=O) groups excluding carboxylic acids is 1. The normalized spacial score (nSPS) is 16.7. The molecule has 1 fully saturated rings. The number of rotatable bonds is 12. The molecule has 0 spiro atoms. The van der Waals surface area contributed by atoms with Gasteiger partial charge in [0.2, 0.25) is 5.91 Å². The predicted octanol–water partition coefficient (Wildman–Crippen LogP) is 4.39. The lowest BCUT2D eigenvalue weighted by Crippen LogP contribution is -2.29. The molecule has 0 aliphatic carbocycles. The Morgan fingerprint density at radius 1 is 1.07 bits per heavy atom. The van der Waals surface area contributed by atoms with Gasteiger partial charge in [0.25, 0.3) is 0 Å². The molecule has 1 atom stereocenters. The number of benzene rings is 1. The summed E-state index contributed by atoms with van der Waals surface area (Å²) in [6.45, 7) is 2.97. The fraction of sp³-hybridized carbons (Fsp3) is 0.667. The maximum Gasteiger partial charge on any atom is 0.469 e. The lowest BCUT2D eigenvalue weighted by molar-refractivity contribution is -0.130. The summed E-state index contributed by atoms with van der Waals surface area (Å²) in [5, 5.41) is 0. The Hall–Kier alpha value is -1.24. The number of aryl methyl sites for hydroxylation is 2. The first-order valence-electron chi connectivity index (χ1n) is 10.5. The number of phosphoric acid groups is 1. The number of likely N-dealkylation sites (tertiary alicyclic amines) is 1. The van der Waals surface area contributed by atoms with E-state index in [0.29, 0.717) is 19.4 Å². The van der Waals surface area contributed by atoms with Gasteiger partial charge in [-0.3, -0.25) is 9.32 Å². The Bertz CT molecular complexity index is 647. The smallest absolute Gasteiger partial charge is 0.344 e. The molecule has 2 rings (SSSR count). The van der Waals surface area contributed by atoms with Gasteiger partial charge in [0.05, 0.1) is 6.10 Å². The van der Waals surface area contributed by atoms with Crippen LogP contribution in [0.2, 0.25) is 0 Å². The Labute approximate surface area is 174 Å². The number of hydrogen-bond donors (Lipinski definition) is 3. The number of amides is 1. The minimum atomic E-state index is -4.47. The molecule has 1 heterocycles. The fourth-order valence-corrected chi connectivity index (χ4v) is 4.21. The molecule has 7 nitrogen and oxygen atoms in total. The van der Waals surface area contributed by atoms with Gasteiger partial charge in [0.1, 0.15) is 0 Å². The van der Waals surface area contributed by atoms with Crippen molar-refractivity contribution in [3.05, 3.63) is 35.4 Å². The quantitative estimate of drug-likeness (QED) is 0.335. The number of unbranched alkanes of at least 4 members (excludes halogenated alkanes) is 5. The van der Waals surface area contributed by atoms with Crippen molar-refractivity contribution in [1.29, 1.82) is 0 Å². The van der Waals surface area contributed by atoms with Gasteiger partial charge in [-0.1, -0.05) is 56.9 Å². The largest absolute Gasteiger partial charge is 0.469 e. The van der Waals surface area contributed by atoms with Crippen LogP contribution in [-0.4, -0.2) is 39.8 Å². The zero-order valence-corrected chi connectivity index (χ0v) is 18.5. The summed E-state index contributed by atoms with van der Waals surface area (Å²) in [5.41, 5.74) is 2.80. The first-order valence-corrected chi connectivity index (χ1v) is 12.0. The average Bonchev–Trinajstić information content (AvgIpc) is 3.11. The van der Waals surface area contributed by atoms with Crippen molar-refractivity contribution >= 4 is 13.7 Å². The highest BCUT2D eigenvalue weighted by atomic mass is 31.2. The monoisotopic (exact) mass is 428 g/mol. The van der Waals surface area contributed by atoms with Crippen molar-refractivity contribution in [2.45, 2.75) is 77.2 Å². The van der Waals surface area contributed by atoms with Crippen molar-refractivity contribution < 1.29 is 23.7 Å². The van der Waals surface area contributed by atoms with Crippen molar-refractivity contribution in [2.75, 3.05) is 13.1 Å². The van der Waals surface area contributed by atoms with E-state index in [2.05, 4.69) is 35.7 Å². The second kappa shape index (κ2) is 13.1. The molecule has 8 heteroatoms. The third-order valence-corrected chi connectivity index (χ3v) is 5.89. The first kappa shape index (κ1) is 25.8. The minimum absolute atomic E-state index is 0. The van der Waals surface area contributed by atoms with E-state index >= 15 is 0 Å². The predicted molar refractivity (Wildman–Crippen MR) is 115 cm³/mol. The number of hydrogen-bond acceptors (Lipinski definition) is 4. The van der Waals surface area contributed by atoms with E-state index in [1.165, 1.54) is 30.4 Å². The Morgan fingerprint density at radius 3 is 2.28 bits per heavy atom. The van der Waals surface area contributed by atoms with Gasteiger partial charge in [0, 0.05) is 19.5 Å². The van der Waals surface area contributed by atoms with Crippen LogP contribution in [-0.2, 0) is 26.7 Å². The van der Waals surface area contributed by atoms with E-state index < -0.39 is 13.9 Å². The van der Waals surface area contributed by atoms with E-state index in [-0.39, 0.29) is 18.6 Å². The SMILES string of the molecule is CCc1ccc(CCCCCCCCC(=O)N2CC[C@@H](OP(=O)(O)O)C2)cc1.N. The summed E-state index contributed by atoms with van der Waals surface area (Å²) >= 11 is 0.